The van der Waals surface area contributed by atoms with Crippen molar-refractivity contribution in [1.82, 2.24) is 9.88 Å². The summed E-state index contributed by atoms with van der Waals surface area (Å²) in [4.78, 5) is 19.0. The molecular formula is C26H30N2O2. The minimum Gasteiger partial charge on any atom is -0.489 e. The number of fused-ring (bicyclic) bond motifs is 3. The Hall–Kier alpha value is -2.75. The van der Waals surface area contributed by atoms with Gasteiger partial charge in [-0.1, -0.05) is 51.1 Å². The molecule has 1 saturated carbocycles. The molecule has 4 nitrogen and oxygen atoms in total. The Morgan fingerprint density at radius 2 is 1.93 bits per heavy atom. The Morgan fingerprint density at radius 3 is 2.73 bits per heavy atom. The van der Waals surface area contributed by atoms with Gasteiger partial charge in [0.1, 0.15) is 12.4 Å². The average molecular weight is 403 g/mol. The van der Waals surface area contributed by atoms with Crippen LogP contribution in [0.2, 0.25) is 0 Å². The first-order valence-corrected chi connectivity index (χ1v) is 10.9. The van der Waals surface area contributed by atoms with Crippen LogP contribution >= 0.6 is 0 Å². The molecule has 2 aromatic carbocycles. The predicted octanol–water partition coefficient (Wildman–Crippen LogP) is 5.79. The number of likely N-dealkylation sites (tertiary alicyclic amines) is 1. The minimum atomic E-state index is 0.146. The van der Waals surface area contributed by atoms with Gasteiger partial charge in [0.05, 0.1) is 5.56 Å². The molecule has 4 heteroatoms. The highest BCUT2D eigenvalue weighted by atomic mass is 16.5. The van der Waals surface area contributed by atoms with E-state index in [1.165, 1.54) is 6.42 Å². The van der Waals surface area contributed by atoms with Gasteiger partial charge < -0.3 is 14.6 Å². The second-order valence-corrected chi connectivity index (χ2v) is 10.3. The van der Waals surface area contributed by atoms with E-state index >= 15 is 0 Å². The van der Waals surface area contributed by atoms with E-state index in [1.807, 2.05) is 42.6 Å². The molecule has 2 unspecified atom stereocenters. The molecule has 0 spiro atoms. The maximum atomic E-state index is 13.6. The van der Waals surface area contributed by atoms with Crippen LogP contribution in [0, 0.1) is 10.8 Å². The van der Waals surface area contributed by atoms with Gasteiger partial charge in [0.25, 0.3) is 5.91 Å². The molecule has 1 amide bonds. The maximum Gasteiger partial charge on any atom is 0.256 e. The molecule has 1 aliphatic heterocycles. The number of carbonyl (C=O) groups excluding carboxylic acids is 1. The fourth-order valence-corrected chi connectivity index (χ4v) is 5.96. The number of amides is 1. The SMILES string of the molecule is CC1(C)CC2CC(C)(CN2C(=O)c2c[nH]c3ccc(OCc4ccccc4)cc23)C1. The third-order valence-electron chi connectivity index (χ3n) is 6.81. The van der Waals surface area contributed by atoms with Gasteiger partial charge in [0, 0.05) is 29.7 Å². The maximum absolute atomic E-state index is 13.6. The lowest BCUT2D eigenvalue weighted by Gasteiger charge is -2.39. The van der Waals surface area contributed by atoms with Crippen molar-refractivity contribution in [3.8, 4) is 5.75 Å². The number of aromatic nitrogens is 1. The van der Waals surface area contributed by atoms with E-state index in [1.54, 1.807) is 0 Å². The highest BCUT2D eigenvalue weighted by Crippen LogP contribution is 2.52. The van der Waals surface area contributed by atoms with Crippen molar-refractivity contribution in [2.45, 2.75) is 52.7 Å². The number of hydrogen-bond donors (Lipinski definition) is 1. The Morgan fingerprint density at radius 1 is 1.13 bits per heavy atom. The molecule has 2 bridgehead atoms. The fraction of sp³-hybridized carbons (Fsp3) is 0.423. The number of aromatic amines is 1. The number of hydrogen-bond acceptors (Lipinski definition) is 2. The lowest BCUT2D eigenvalue weighted by molar-refractivity contribution is 0.0710. The van der Waals surface area contributed by atoms with Gasteiger partial charge in [-0.15, -0.1) is 0 Å². The van der Waals surface area contributed by atoms with Crippen molar-refractivity contribution >= 4 is 16.8 Å². The van der Waals surface area contributed by atoms with Crippen molar-refractivity contribution in [3.63, 3.8) is 0 Å². The number of carbonyl (C=O) groups is 1. The number of rotatable bonds is 4. The molecule has 1 saturated heterocycles. The van der Waals surface area contributed by atoms with Crippen molar-refractivity contribution in [2.75, 3.05) is 6.54 Å². The molecule has 2 aliphatic rings. The molecule has 0 radical (unpaired) electrons. The van der Waals surface area contributed by atoms with Crippen LogP contribution in [0.15, 0.2) is 54.7 Å². The van der Waals surface area contributed by atoms with Crippen LogP contribution in [0.4, 0.5) is 0 Å². The standard InChI is InChI=1S/C26H30N2O2/c1-25(2)12-19-13-26(3,16-25)17-28(19)24(29)22-14-27-23-10-9-20(11-21(22)23)30-15-18-7-5-4-6-8-18/h4-11,14,19,27H,12-13,15-17H2,1-3H3. The van der Waals surface area contributed by atoms with Gasteiger partial charge in [-0.3, -0.25) is 4.79 Å². The Balaban J connectivity index is 1.40. The van der Waals surface area contributed by atoms with Gasteiger partial charge >= 0.3 is 0 Å². The molecule has 1 aromatic heterocycles. The second-order valence-electron chi connectivity index (χ2n) is 10.3. The first-order chi connectivity index (χ1) is 14.3. The fourth-order valence-electron chi connectivity index (χ4n) is 5.96. The monoisotopic (exact) mass is 402 g/mol. The van der Waals surface area contributed by atoms with E-state index in [0.717, 1.165) is 47.2 Å². The smallest absolute Gasteiger partial charge is 0.256 e. The zero-order chi connectivity index (χ0) is 20.9. The summed E-state index contributed by atoms with van der Waals surface area (Å²) in [5, 5.41) is 0.941. The van der Waals surface area contributed by atoms with E-state index in [9.17, 15) is 4.79 Å². The highest BCUT2D eigenvalue weighted by molar-refractivity contribution is 6.07. The molecule has 156 valence electrons. The highest BCUT2D eigenvalue weighted by Gasteiger charge is 2.51. The number of nitrogens with zero attached hydrogens (tertiary/aromatic N) is 1. The van der Waals surface area contributed by atoms with Crippen LogP contribution in [0.25, 0.3) is 10.9 Å². The summed E-state index contributed by atoms with van der Waals surface area (Å²) in [6.07, 6.45) is 5.26. The molecule has 3 aromatic rings. The third-order valence-corrected chi connectivity index (χ3v) is 6.81. The summed E-state index contributed by atoms with van der Waals surface area (Å²) in [5.41, 5.74) is 3.38. The molecule has 2 atom stereocenters. The van der Waals surface area contributed by atoms with Crippen LogP contribution in [0.1, 0.15) is 56.0 Å². The second kappa shape index (κ2) is 6.90. The van der Waals surface area contributed by atoms with Crippen molar-refractivity contribution < 1.29 is 9.53 Å². The first-order valence-electron chi connectivity index (χ1n) is 10.9. The van der Waals surface area contributed by atoms with Gasteiger partial charge in [-0.2, -0.15) is 0 Å². The summed E-state index contributed by atoms with van der Waals surface area (Å²) in [6, 6.07) is 16.4. The van der Waals surface area contributed by atoms with Crippen molar-refractivity contribution in [1.29, 1.82) is 0 Å². The van der Waals surface area contributed by atoms with Crippen LogP contribution in [-0.4, -0.2) is 28.4 Å². The summed E-state index contributed by atoms with van der Waals surface area (Å²) < 4.78 is 6.00. The predicted molar refractivity (Wildman–Crippen MR) is 120 cm³/mol. The average Bonchev–Trinajstić information content (AvgIpc) is 3.23. The molecule has 30 heavy (non-hydrogen) atoms. The summed E-state index contributed by atoms with van der Waals surface area (Å²) in [5.74, 6) is 0.932. The number of H-pyrrole nitrogens is 1. The minimum absolute atomic E-state index is 0.146. The van der Waals surface area contributed by atoms with Gasteiger partial charge in [0.15, 0.2) is 0 Å². The summed E-state index contributed by atoms with van der Waals surface area (Å²) in [6.45, 7) is 8.40. The normalized spacial score (nSPS) is 24.9. The van der Waals surface area contributed by atoms with Gasteiger partial charge in [-0.25, -0.2) is 0 Å². The summed E-state index contributed by atoms with van der Waals surface area (Å²) in [7, 11) is 0. The molecule has 1 N–H and O–H groups in total. The third kappa shape index (κ3) is 3.49. The van der Waals surface area contributed by atoms with Crippen LogP contribution in [0.5, 0.6) is 5.75 Å². The van der Waals surface area contributed by atoms with E-state index in [2.05, 4.69) is 42.8 Å². The van der Waals surface area contributed by atoms with Crippen LogP contribution in [-0.2, 0) is 6.61 Å². The first kappa shape index (κ1) is 19.2. The van der Waals surface area contributed by atoms with E-state index < -0.39 is 0 Å². The van der Waals surface area contributed by atoms with Gasteiger partial charge in [-0.05, 0) is 53.9 Å². The Bertz CT molecular complexity index is 1080. The number of nitrogens with one attached hydrogen (secondary N) is 1. The largest absolute Gasteiger partial charge is 0.489 e. The molecule has 2 fully saturated rings. The lowest BCUT2D eigenvalue weighted by atomic mass is 9.65. The molecular weight excluding hydrogens is 372 g/mol. The quantitative estimate of drug-likeness (QED) is 0.600. The molecule has 2 heterocycles. The number of ether oxygens (including phenoxy) is 1. The van der Waals surface area contributed by atoms with Crippen molar-refractivity contribution in [2.24, 2.45) is 10.8 Å². The molecule has 5 rings (SSSR count). The zero-order valence-electron chi connectivity index (χ0n) is 18.1. The zero-order valence-corrected chi connectivity index (χ0v) is 18.1. The van der Waals surface area contributed by atoms with Crippen LogP contribution < -0.4 is 4.74 Å². The van der Waals surface area contributed by atoms with Crippen LogP contribution in [0.3, 0.4) is 0 Å². The van der Waals surface area contributed by atoms with E-state index in [4.69, 9.17) is 4.74 Å². The van der Waals surface area contributed by atoms with Gasteiger partial charge in [0.2, 0.25) is 0 Å². The Kier molecular flexibility index (Phi) is 4.42. The number of benzene rings is 2. The molecule has 1 aliphatic carbocycles. The summed E-state index contributed by atoms with van der Waals surface area (Å²) >= 11 is 0. The van der Waals surface area contributed by atoms with E-state index in [0.29, 0.717) is 18.1 Å². The topological polar surface area (TPSA) is 45.3 Å². The van der Waals surface area contributed by atoms with Crippen molar-refractivity contribution in [3.05, 3.63) is 65.9 Å². The Labute approximate surface area is 178 Å². The lowest BCUT2D eigenvalue weighted by Crippen LogP contribution is -2.37. The van der Waals surface area contributed by atoms with E-state index in [-0.39, 0.29) is 11.3 Å².